The molecular formula is C15H23NO. The molecule has 1 aromatic carbocycles. The zero-order valence-electron chi connectivity index (χ0n) is 10.7. The van der Waals surface area contributed by atoms with E-state index in [1.807, 2.05) is 6.07 Å². The van der Waals surface area contributed by atoms with Crippen molar-refractivity contribution in [2.45, 2.75) is 38.9 Å². The Balaban J connectivity index is 1.55. The van der Waals surface area contributed by atoms with Crippen LogP contribution in [0.15, 0.2) is 30.3 Å². The van der Waals surface area contributed by atoms with Gasteiger partial charge in [0.05, 0.1) is 12.7 Å². The van der Waals surface area contributed by atoms with Crippen molar-refractivity contribution < 1.29 is 4.74 Å². The maximum atomic E-state index is 5.87. The van der Waals surface area contributed by atoms with Crippen LogP contribution in [0.3, 0.4) is 0 Å². The van der Waals surface area contributed by atoms with Crippen molar-refractivity contribution in [3.05, 3.63) is 35.9 Å². The largest absolute Gasteiger partial charge is 0.374 e. The van der Waals surface area contributed by atoms with E-state index in [9.17, 15) is 0 Å². The van der Waals surface area contributed by atoms with Crippen LogP contribution in [0.5, 0.6) is 0 Å². The molecular weight excluding hydrogens is 210 g/mol. The van der Waals surface area contributed by atoms with Gasteiger partial charge in [-0.05, 0) is 43.8 Å². The van der Waals surface area contributed by atoms with Gasteiger partial charge >= 0.3 is 0 Å². The van der Waals surface area contributed by atoms with Gasteiger partial charge in [0.1, 0.15) is 0 Å². The van der Waals surface area contributed by atoms with Gasteiger partial charge in [-0.15, -0.1) is 0 Å². The smallest absolute Gasteiger partial charge is 0.0720 e. The first-order valence-corrected chi connectivity index (χ1v) is 6.74. The van der Waals surface area contributed by atoms with Gasteiger partial charge < -0.3 is 10.1 Å². The topological polar surface area (TPSA) is 21.3 Å². The zero-order chi connectivity index (χ0) is 11.9. The Morgan fingerprint density at radius 2 is 2.00 bits per heavy atom. The summed E-state index contributed by atoms with van der Waals surface area (Å²) in [6.07, 6.45) is 4.16. The van der Waals surface area contributed by atoms with Crippen molar-refractivity contribution in [1.82, 2.24) is 5.32 Å². The normalized spacial score (nSPS) is 23.4. The SMILES string of the molecule is CCCNCC1CC(OCc2ccccc2)C1. The Morgan fingerprint density at radius 1 is 1.24 bits per heavy atom. The summed E-state index contributed by atoms with van der Waals surface area (Å²) < 4.78 is 5.87. The molecule has 0 bridgehead atoms. The summed E-state index contributed by atoms with van der Waals surface area (Å²) >= 11 is 0. The molecule has 17 heavy (non-hydrogen) atoms. The van der Waals surface area contributed by atoms with Gasteiger partial charge in [0.25, 0.3) is 0 Å². The Bertz CT molecular complexity index is 306. The first-order chi connectivity index (χ1) is 8.38. The predicted molar refractivity (Wildman–Crippen MR) is 70.9 cm³/mol. The quantitative estimate of drug-likeness (QED) is 0.731. The monoisotopic (exact) mass is 233 g/mol. The van der Waals surface area contributed by atoms with Crippen molar-refractivity contribution in [3.63, 3.8) is 0 Å². The molecule has 94 valence electrons. The molecule has 1 aromatic rings. The highest BCUT2D eigenvalue weighted by molar-refractivity contribution is 5.13. The molecule has 1 aliphatic carbocycles. The number of ether oxygens (including phenoxy) is 1. The summed E-state index contributed by atoms with van der Waals surface area (Å²) in [7, 11) is 0. The zero-order valence-corrected chi connectivity index (χ0v) is 10.7. The van der Waals surface area contributed by atoms with Gasteiger partial charge in [-0.3, -0.25) is 0 Å². The number of rotatable bonds is 7. The van der Waals surface area contributed by atoms with E-state index in [0.29, 0.717) is 6.10 Å². The lowest BCUT2D eigenvalue weighted by Crippen LogP contribution is -2.38. The van der Waals surface area contributed by atoms with Crippen LogP contribution in [-0.4, -0.2) is 19.2 Å². The minimum absolute atomic E-state index is 0.489. The average molecular weight is 233 g/mol. The predicted octanol–water partition coefficient (Wildman–Crippen LogP) is 2.98. The second kappa shape index (κ2) is 6.77. The van der Waals surface area contributed by atoms with Gasteiger partial charge in [-0.25, -0.2) is 0 Å². The van der Waals surface area contributed by atoms with Gasteiger partial charge in [0.2, 0.25) is 0 Å². The van der Waals surface area contributed by atoms with Crippen LogP contribution in [-0.2, 0) is 11.3 Å². The van der Waals surface area contributed by atoms with Crippen molar-refractivity contribution in [1.29, 1.82) is 0 Å². The third kappa shape index (κ3) is 4.14. The average Bonchev–Trinajstić information content (AvgIpc) is 2.32. The van der Waals surface area contributed by atoms with Crippen molar-refractivity contribution >= 4 is 0 Å². The van der Waals surface area contributed by atoms with Crippen LogP contribution in [0.4, 0.5) is 0 Å². The fourth-order valence-electron chi connectivity index (χ4n) is 2.25. The molecule has 0 atom stereocenters. The molecule has 0 unspecified atom stereocenters. The van der Waals surface area contributed by atoms with E-state index in [-0.39, 0.29) is 0 Å². The minimum Gasteiger partial charge on any atom is -0.374 e. The summed E-state index contributed by atoms with van der Waals surface area (Å²) in [4.78, 5) is 0. The summed E-state index contributed by atoms with van der Waals surface area (Å²) in [5.41, 5.74) is 1.28. The molecule has 0 saturated heterocycles. The first kappa shape index (κ1) is 12.6. The molecule has 0 aromatic heterocycles. The highest BCUT2D eigenvalue weighted by Crippen LogP contribution is 2.30. The maximum Gasteiger partial charge on any atom is 0.0720 e. The molecule has 0 aliphatic heterocycles. The maximum absolute atomic E-state index is 5.87. The van der Waals surface area contributed by atoms with Crippen molar-refractivity contribution in [2.75, 3.05) is 13.1 Å². The Labute approximate surface area is 104 Å². The third-order valence-electron chi connectivity index (χ3n) is 3.38. The fraction of sp³-hybridized carbons (Fsp3) is 0.600. The Morgan fingerprint density at radius 3 is 2.71 bits per heavy atom. The van der Waals surface area contributed by atoms with Gasteiger partial charge in [-0.2, -0.15) is 0 Å². The third-order valence-corrected chi connectivity index (χ3v) is 3.38. The van der Waals surface area contributed by atoms with Gasteiger partial charge in [-0.1, -0.05) is 37.3 Å². The van der Waals surface area contributed by atoms with E-state index in [0.717, 1.165) is 19.1 Å². The first-order valence-electron chi connectivity index (χ1n) is 6.74. The number of hydrogen-bond donors (Lipinski definition) is 1. The summed E-state index contributed by atoms with van der Waals surface area (Å²) in [5.74, 6) is 0.835. The van der Waals surface area contributed by atoms with Crippen molar-refractivity contribution in [3.8, 4) is 0 Å². The van der Waals surface area contributed by atoms with Crippen LogP contribution in [0, 0.1) is 5.92 Å². The minimum atomic E-state index is 0.489. The summed E-state index contributed by atoms with van der Waals surface area (Å²) in [6.45, 7) is 5.28. The van der Waals surface area contributed by atoms with Crippen molar-refractivity contribution in [2.24, 2.45) is 5.92 Å². The van der Waals surface area contributed by atoms with E-state index >= 15 is 0 Å². The van der Waals surface area contributed by atoms with E-state index < -0.39 is 0 Å². The molecule has 1 saturated carbocycles. The van der Waals surface area contributed by atoms with Crippen LogP contribution in [0.2, 0.25) is 0 Å². The standard InChI is InChI=1S/C15H23NO/c1-2-8-16-11-14-9-15(10-14)17-12-13-6-4-3-5-7-13/h3-7,14-16H,2,8-12H2,1H3. The molecule has 0 radical (unpaired) electrons. The van der Waals surface area contributed by atoms with Gasteiger partial charge in [0.15, 0.2) is 0 Å². The second-order valence-electron chi connectivity index (χ2n) is 4.96. The highest BCUT2D eigenvalue weighted by Gasteiger charge is 2.29. The second-order valence-corrected chi connectivity index (χ2v) is 4.96. The van der Waals surface area contributed by atoms with E-state index in [1.165, 1.54) is 31.4 Å². The molecule has 0 heterocycles. The van der Waals surface area contributed by atoms with E-state index in [2.05, 4.69) is 36.5 Å². The molecule has 2 rings (SSSR count). The molecule has 2 nitrogen and oxygen atoms in total. The summed E-state index contributed by atoms with van der Waals surface area (Å²) in [6, 6.07) is 10.4. The highest BCUT2D eigenvalue weighted by atomic mass is 16.5. The van der Waals surface area contributed by atoms with Crippen LogP contribution in [0.25, 0.3) is 0 Å². The molecule has 1 fully saturated rings. The number of nitrogens with one attached hydrogen (secondary N) is 1. The Kier molecular flexibility index (Phi) is 5.02. The molecule has 1 N–H and O–H groups in total. The fourth-order valence-corrected chi connectivity index (χ4v) is 2.25. The lowest BCUT2D eigenvalue weighted by atomic mass is 9.82. The number of hydrogen-bond acceptors (Lipinski definition) is 2. The van der Waals surface area contributed by atoms with Crippen LogP contribution < -0.4 is 5.32 Å². The molecule has 1 aliphatic rings. The van der Waals surface area contributed by atoms with Gasteiger partial charge in [0, 0.05) is 0 Å². The van der Waals surface area contributed by atoms with E-state index in [1.54, 1.807) is 0 Å². The molecule has 2 heteroatoms. The van der Waals surface area contributed by atoms with E-state index in [4.69, 9.17) is 4.74 Å². The molecule has 0 amide bonds. The Hall–Kier alpha value is -0.860. The number of benzene rings is 1. The lowest BCUT2D eigenvalue weighted by molar-refractivity contribution is -0.0394. The lowest BCUT2D eigenvalue weighted by Gasteiger charge is -2.35. The van der Waals surface area contributed by atoms with Crippen LogP contribution >= 0.6 is 0 Å². The van der Waals surface area contributed by atoms with Crippen LogP contribution in [0.1, 0.15) is 31.7 Å². The molecule has 0 spiro atoms. The summed E-state index contributed by atoms with van der Waals surface area (Å²) in [5, 5.41) is 3.48.